The lowest BCUT2D eigenvalue weighted by Gasteiger charge is -2.40. The monoisotopic (exact) mass is 719 g/mol. The van der Waals surface area contributed by atoms with Gasteiger partial charge < -0.3 is 0 Å². The minimum Gasteiger partial charge on any atom is -0.274 e. The van der Waals surface area contributed by atoms with Crippen LogP contribution in [-0.2, 0) is 5.41 Å². The first-order valence-corrected chi connectivity index (χ1v) is 22.5. The van der Waals surface area contributed by atoms with Crippen molar-refractivity contribution in [3.63, 3.8) is 0 Å². The van der Waals surface area contributed by atoms with Crippen LogP contribution in [0.5, 0.6) is 0 Å². The maximum Gasteiger partial charge on any atom is 0.263 e. The number of rotatable bonds is 15. The molecule has 0 bridgehead atoms. The fraction of sp³-hybridized carbons (Fsp3) is 0.512. The number of amides is 2. The predicted octanol–water partition coefficient (Wildman–Crippen LogP) is 13.6. The van der Waals surface area contributed by atoms with Crippen LogP contribution in [0.3, 0.4) is 0 Å². The van der Waals surface area contributed by atoms with Gasteiger partial charge in [0.15, 0.2) is 0 Å². The largest absolute Gasteiger partial charge is 0.274 e. The van der Waals surface area contributed by atoms with Crippen LogP contribution in [-0.4, -0.2) is 29.0 Å². The van der Waals surface area contributed by atoms with Crippen molar-refractivity contribution in [3.05, 3.63) is 63.3 Å². The minimum atomic E-state index is -1.53. The third-order valence-corrected chi connectivity index (χ3v) is 18.8. The van der Waals surface area contributed by atoms with Gasteiger partial charge in [0.1, 0.15) is 0 Å². The summed E-state index contributed by atoms with van der Waals surface area (Å²) in [6.45, 7) is 16.5. The van der Waals surface area contributed by atoms with Crippen molar-refractivity contribution >= 4 is 55.9 Å². The van der Waals surface area contributed by atoms with E-state index in [9.17, 15) is 9.59 Å². The minimum absolute atomic E-state index is 0.0709. The van der Waals surface area contributed by atoms with Crippen LogP contribution in [0.25, 0.3) is 19.5 Å². The van der Waals surface area contributed by atoms with Crippen LogP contribution < -0.4 is 0 Å². The smallest absolute Gasteiger partial charge is 0.263 e. The van der Waals surface area contributed by atoms with Gasteiger partial charge in [0, 0.05) is 31.0 Å². The fourth-order valence-electron chi connectivity index (χ4n) is 7.41. The molecular formula is C41H53NO2S4. The molecule has 2 unspecified atom stereocenters. The molecule has 48 heavy (non-hydrogen) atoms. The number of unbranched alkanes of at least 4 members (excludes halogenated alkanes) is 6. The number of hydrogen-bond donors (Lipinski definition) is 0. The van der Waals surface area contributed by atoms with Gasteiger partial charge in [0.25, 0.3) is 11.8 Å². The summed E-state index contributed by atoms with van der Waals surface area (Å²) in [4.78, 5) is 41.1. The Kier molecular flexibility index (Phi) is 10.8. The molecule has 2 atom stereocenters. The van der Waals surface area contributed by atoms with E-state index < -0.39 is 10.0 Å². The van der Waals surface area contributed by atoms with Crippen molar-refractivity contribution in [2.75, 3.05) is 12.3 Å². The van der Waals surface area contributed by atoms with Crippen LogP contribution in [0, 0.1) is 12.8 Å². The first kappa shape index (κ1) is 35.6. The summed E-state index contributed by atoms with van der Waals surface area (Å²) in [7, 11) is -1.53. The van der Waals surface area contributed by atoms with Gasteiger partial charge in [-0.25, -0.2) is 0 Å². The fourth-order valence-corrected chi connectivity index (χ4v) is 16.9. The highest BCUT2D eigenvalue weighted by molar-refractivity contribution is 8.34. The molecule has 0 saturated carbocycles. The van der Waals surface area contributed by atoms with E-state index in [1.165, 1.54) is 75.8 Å². The van der Waals surface area contributed by atoms with Crippen molar-refractivity contribution < 1.29 is 9.59 Å². The number of carbonyl (C=O) groups is 2. The molecule has 5 heterocycles. The number of aryl methyl sites for hydroxylation is 1. The molecule has 6 rings (SSSR count). The number of carbonyl (C=O) groups excluding carboxylic acids is 2. The molecule has 2 aliphatic rings. The van der Waals surface area contributed by atoms with E-state index in [0.717, 1.165) is 33.2 Å². The molecule has 258 valence electrons. The van der Waals surface area contributed by atoms with Gasteiger partial charge in [-0.1, -0.05) is 111 Å². The van der Waals surface area contributed by atoms with Gasteiger partial charge in [0.2, 0.25) is 0 Å². The average Bonchev–Trinajstić information content (AvgIpc) is 3.86. The standard InChI is InChI=1S/C41H53NO2S4/c1-8-11-13-14-15-19-23-42-39(43)34-27(4)45-36(35(34)40(42)44)30-24-31-37(46-30)38-32(25-33(47-38)41(5,6)7)48(31,29-21-17-16-18-22-29)26-28(10-3)20-12-9-2/h16-18,21-22,24-25,28H,8-15,19-20,23,26H2,1-7H3. The van der Waals surface area contributed by atoms with Crippen LogP contribution in [0.1, 0.15) is 136 Å². The van der Waals surface area contributed by atoms with E-state index in [0.29, 0.717) is 23.6 Å². The Labute approximate surface area is 302 Å². The van der Waals surface area contributed by atoms with Gasteiger partial charge in [0.05, 0.1) is 25.8 Å². The molecule has 1 aromatic carbocycles. The number of benzene rings is 1. The van der Waals surface area contributed by atoms with E-state index in [1.54, 1.807) is 21.1 Å². The second-order valence-corrected chi connectivity index (χ2v) is 21.3. The lowest BCUT2D eigenvalue weighted by Crippen LogP contribution is -2.31. The molecule has 0 saturated heterocycles. The van der Waals surface area contributed by atoms with Crippen molar-refractivity contribution in [2.45, 2.75) is 133 Å². The van der Waals surface area contributed by atoms with Crippen molar-refractivity contribution in [2.24, 2.45) is 5.92 Å². The molecular weight excluding hydrogens is 667 g/mol. The van der Waals surface area contributed by atoms with E-state index in [1.807, 2.05) is 29.6 Å². The highest BCUT2D eigenvalue weighted by Gasteiger charge is 2.47. The first-order valence-electron chi connectivity index (χ1n) is 18.2. The topological polar surface area (TPSA) is 37.4 Å². The summed E-state index contributed by atoms with van der Waals surface area (Å²) < 4.78 is 0. The Hall–Kier alpha value is -2.19. The van der Waals surface area contributed by atoms with Crippen LogP contribution in [0.15, 0.2) is 57.2 Å². The van der Waals surface area contributed by atoms with Crippen molar-refractivity contribution in [1.82, 2.24) is 4.90 Å². The number of thiophene rings is 3. The van der Waals surface area contributed by atoms with Crippen LogP contribution in [0.2, 0.25) is 0 Å². The zero-order valence-corrected chi connectivity index (χ0v) is 33.3. The van der Waals surface area contributed by atoms with Gasteiger partial charge >= 0.3 is 0 Å². The Balaban J connectivity index is 1.45. The van der Waals surface area contributed by atoms with Gasteiger partial charge in [-0.3, -0.25) is 14.5 Å². The van der Waals surface area contributed by atoms with Crippen LogP contribution >= 0.6 is 44.0 Å². The molecule has 0 radical (unpaired) electrons. The molecule has 3 nitrogen and oxygen atoms in total. The maximum absolute atomic E-state index is 14.0. The lowest BCUT2D eigenvalue weighted by atomic mass is 9.95. The Morgan fingerprint density at radius 3 is 2.08 bits per heavy atom. The second-order valence-electron chi connectivity index (χ2n) is 14.8. The number of hydrogen-bond acceptors (Lipinski definition) is 5. The van der Waals surface area contributed by atoms with E-state index in [4.69, 9.17) is 0 Å². The average molecular weight is 720 g/mol. The zero-order chi connectivity index (χ0) is 34.2. The Morgan fingerprint density at radius 1 is 0.750 bits per heavy atom. The zero-order valence-electron chi connectivity index (χ0n) is 30.0. The molecule has 7 heteroatoms. The summed E-state index contributed by atoms with van der Waals surface area (Å²) in [5, 5.41) is 0. The van der Waals surface area contributed by atoms with Gasteiger partial charge in [-0.05, 0) is 66.0 Å². The maximum atomic E-state index is 14.0. The normalized spacial score (nSPS) is 19.0. The third kappa shape index (κ3) is 6.31. The number of nitrogens with zero attached hydrogens (tertiary/aromatic N) is 1. The van der Waals surface area contributed by atoms with Gasteiger partial charge in [-0.2, -0.15) is 10.0 Å². The molecule has 0 aliphatic carbocycles. The van der Waals surface area contributed by atoms with E-state index >= 15 is 0 Å². The molecule has 0 fully saturated rings. The number of fused-ring (bicyclic) bond motifs is 4. The molecule has 0 spiro atoms. The van der Waals surface area contributed by atoms with E-state index in [2.05, 4.69) is 84.0 Å². The van der Waals surface area contributed by atoms with Crippen molar-refractivity contribution in [1.29, 1.82) is 0 Å². The third-order valence-electron chi connectivity index (χ3n) is 10.2. The summed E-state index contributed by atoms with van der Waals surface area (Å²) in [6.07, 6.45) is 11.7. The summed E-state index contributed by atoms with van der Waals surface area (Å²) in [5.74, 6) is 1.63. The first-order chi connectivity index (χ1) is 23.1. The quantitative estimate of drug-likeness (QED) is 0.0906. The molecule has 2 aliphatic heterocycles. The highest BCUT2D eigenvalue weighted by atomic mass is 32.3. The predicted molar refractivity (Wildman–Crippen MR) is 210 cm³/mol. The summed E-state index contributed by atoms with van der Waals surface area (Å²) in [5.41, 5.74) is 1.38. The van der Waals surface area contributed by atoms with E-state index in [-0.39, 0.29) is 17.2 Å². The van der Waals surface area contributed by atoms with Gasteiger partial charge in [-0.15, -0.1) is 34.0 Å². The molecule has 4 aromatic rings. The SMILES string of the molecule is CCCCCCCCN1C(=O)c2c(C)sc(-c3cc4c(s3)-c3sc(C(C)(C)C)cc3S4(CC(CC)CCCC)c3ccccc3)c2C1=O. The highest BCUT2D eigenvalue weighted by Crippen LogP contribution is 2.80. The summed E-state index contributed by atoms with van der Waals surface area (Å²) in [6, 6.07) is 16.4. The lowest BCUT2D eigenvalue weighted by molar-refractivity contribution is 0.0651. The molecule has 0 N–H and O–H groups in total. The van der Waals surface area contributed by atoms with Crippen LogP contribution in [0.4, 0.5) is 0 Å². The summed E-state index contributed by atoms with van der Waals surface area (Å²) >= 11 is 5.49. The van der Waals surface area contributed by atoms with Crippen molar-refractivity contribution in [3.8, 4) is 19.5 Å². The Morgan fingerprint density at radius 2 is 1.40 bits per heavy atom. The molecule has 2 amide bonds. The number of imide groups is 1. The Bertz CT molecular complexity index is 1770. The molecule has 3 aromatic heterocycles. The second kappa shape index (κ2) is 14.6.